The summed E-state index contributed by atoms with van der Waals surface area (Å²) < 4.78 is 0. The van der Waals surface area contributed by atoms with Crippen LogP contribution in [0.25, 0.3) is 0 Å². The fourth-order valence-corrected chi connectivity index (χ4v) is 4.15. The van der Waals surface area contributed by atoms with Crippen LogP contribution >= 0.6 is 11.8 Å². The van der Waals surface area contributed by atoms with Gasteiger partial charge < -0.3 is 9.88 Å². The van der Waals surface area contributed by atoms with Crippen molar-refractivity contribution in [2.75, 3.05) is 13.1 Å². The second kappa shape index (κ2) is 8.09. The van der Waals surface area contributed by atoms with Crippen LogP contribution in [0.5, 0.6) is 0 Å². The summed E-state index contributed by atoms with van der Waals surface area (Å²) in [4.78, 5) is 22.7. The van der Waals surface area contributed by atoms with Gasteiger partial charge in [-0.25, -0.2) is 4.98 Å². The summed E-state index contributed by atoms with van der Waals surface area (Å²) in [6.45, 7) is 8.08. The van der Waals surface area contributed by atoms with Crippen molar-refractivity contribution in [1.29, 1.82) is 0 Å². The molecular formula is C20H27N3OS. The molecule has 1 atom stereocenters. The fraction of sp³-hybridized carbons (Fsp3) is 0.500. The standard InChI is InChI=1S/C20H27N3OS/c1-14-9-11-23(12-10-14)19(24)16(3)25-20-21-15(2)18(22-20)13-17-7-5-4-6-8-17/h4-8,14,16H,9-13H2,1-3H3,(H,21,22)/t16-/m1/s1. The van der Waals surface area contributed by atoms with Crippen molar-refractivity contribution in [2.24, 2.45) is 5.92 Å². The van der Waals surface area contributed by atoms with Gasteiger partial charge in [0.2, 0.25) is 5.91 Å². The molecule has 5 heteroatoms. The summed E-state index contributed by atoms with van der Waals surface area (Å²) in [7, 11) is 0. The molecule has 1 N–H and O–H groups in total. The van der Waals surface area contributed by atoms with Crippen molar-refractivity contribution in [3.8, 4) is 0 Å². The Kier molecular flexibility index (Phi) is 5.84. The molecule has 134 valence electrons. The Labute approximate surface area is 154 Å². The Balaban J connectivity index is 1.61. The molecule has 4 nitrogen and oxygen atoms in total. The van der Waals surface area contributed by atoms with Crippen molar-refractivity contribution < 1.29 is 4.79 Å². The number of H-pyrrole nitrogens is 1. The molecule has 0 bridgehead atoms. The molecule has 1 fully saturated rings. The molecule has 0 aliphatic carbocycles. The van der Waals surface area contributed by atoms with Crippen molar-refractivity contribution in [3.63, 3.8) is 0 Å². The first-order valence-corrected chi connectivity index (χ1v) is 9.95. The van der Waals surface area contributed by atoms with E-state index in [0.29, 0.717) is 0 Å². The highest BCUT2D eigenvalue weighted by Gasteiger charge is 2.26. The number of imidazole rings is 1. The van der Waals surface area contributed by atoms with Gasteiger partial charge >= 0.3 is 0 Å². The Morgan fingerprint density at radius 1 is 1.32 bits per heavy atom. The minimum Gasteiger partial charge on any atom is -0.342 e. The van der Waals surface area contributed by atoms with E-state index < -0.39 is 0 Å². The van der Waals surface area contributed by atoms with Crippen molar-refractivity contribution in [1.82, 2.24) is 14.9 Å². The van der Waals surface area contributed by atoms with Crippen LogP contribution in [0.3, 0.4) is 0 Å². The molecule has 2 aromatic rings. The van der Waals surface area contributed by atoms with Gasteiger partial charge in [0.1, 0.15) is 0 Å². The highest BCUT2D eigenvalue weighted by molar-refractivity contribution is 8.00. The van der Waals surface area contributed by atoms with Crippen LogP contribution in [0.4, 0.5) is 0 Å². The van der Waals surface area contributed by atoms with Gasteiger partial charge in [-0.15, -0.1) is 0 Å². The van der Waals surface area contributed by atoms with Crippen LogP contribution in [-0.2, 0) is 11.2 Å². The van der Waals surface area contributed by atoms with E-state index in [1.54, 1.807) is 0 Å². The van der Waals surface area contributed by atoms with Gasteiger partial charge in [0.15, 0.2) is 5.16 Å². The second-order valence-corrected chi connectivity index (χ2v) is 8.37. The van der Waals surface area contributed by atoms with Crippen LogP contribution in [0.2, 0.25) is 0 Å². The number of carbonyl (C=O) groups is 1. The van der Waals surface area contributed by atoms with Gasteiger partial charge in [0, 0.05) is 25.2 Å². The fourth-order valence-electron chi connectivity index (χ4n) is 3.19. The number of piperidine rings is 1. The van der Waals surface area contributed by atoms with Crippen molar-refractivity contribution in [3.05, 3.63) is 47.3 Å². The molecule has 1 aliphatic heterocycles. The van der Waals surface area contributed by atoms with E-state index in [1.165, 1.54) is 17.3 Å². The predicted molar refractivity (Wildman–Crippen MR) is 103 cm³/mol. The molecule has 0 saturated carbocycles. The van der Waals surface area contributed by atoms with E-state index in [0.717, 1.165) is 54.8 Å². The summed E-state index contributed by atoms with van der Waals surface area (Å²) in [6, 6.07) is 10.4. The summed E-state index contributed by atoms with van der Waals surface area (Å²) >= 11 is 1.53. The lowest BCUT2D eigenvalue weighted by Crippen LogP contribution is -2.41. The number of benzene rings is 1. The van der Waals surface area contributed by atoms with Crippen LogP contribution in [0.1, 0.15) is 43.6 Å². The number of aromatic nitrogens is 2. The van der Waals surface area contributed by atoms with E-state index in [1.807, 2.05) is 36.9 Å². The van der Waals surface area contributed by atoms with E-state index in [9.17, 15) is 4.79 Å². The van der Waals surface area contributed by atoms with Gasteiger partial charge in [-0.3, -0.25) is 4.79 Å². The summed E-state index contributed by atoms with van der Waals surface area (Å²) in [6.07, 6.45) is 3.05. The molecule has 1 aromatic carbocycles. The number of aromatic amines is 1. The highest BCUT2D eigenvalue weighted by Crippen LogP contribution is 2.26. The molecule has 25 heavy (non-hydrogen) atoms. The number of thioether (sulfide) groups is 1. The number of amides is 1. The molecule has 0 radical (unpaired) electrons. The Morgan fingerprint density at radius 2 is 2.00 bits per heavy atom. The number of nitrogens with one attached hydrogen (secondary N) is 1. The summed E-state index contributed by atoms with van der Waals surface area (Å²) in [5.74, 6) is 0.968. The SMILES string of the molecule is Cc1[nH]c(S[C@H](C)C(=O)N2CCC(C)CC2)nc1Cc1ccccc1. The average molecular weight is 358 g/mol. The third-order valence-electron chi connectivity index (χ3n) is 4.91. The number of carbonyl (C=O) groups excluding carboxylic acids is 1. The predicted octanol–water partition coefficient (Wildman–Crippen LogP) is 4.05. The molecule has 0 unspecified atom stereocenters. The molecule has 0 spiro atoms. The minimum absolute atomic E-state index is 0.108. The maximum Gasteiger partial charge on any atom is 0.235 e. The third-order valence-corrected chi connectivity index (χ3v) is 5.88. The van der Waals surface area contributed by atoms with Crippen molar-refractivity contribution in [2.45, 2.75) is 50.4 Å². The first-order chi connectivity index (χ1) is 12.0. The van der Waals surface area contributed by atoms with E-state index in [4.69, 9.17) is 4.98 Å². The summed E-state index contributed by atoms with van der Waals surface area (Å²) in [5.41, 5.74) is 3.39. The number of hydrogen-bond acceptors (Lipinski definition) is 3. The van der Waals surface area contributed by atoms with Crippen LogP contribution in [0, 0.1) is 12.8 Å². The third kappa shape index (κ3) is 4.66. The zero-order valence-electron chi connectivity index (χ0n) is 15.3. The lowest BCUT2D eigenvalue weighted by molar-refractivity contribution is -0.131. The average Bonchev–Trinajstić information content (AvgIpc) is 2.95. The Bertz CT molecular complexity index is 705. The second-order valence-electron chi connectivity index (χ2n) is 7.04. The monoisotopic (exact) mass is 357 g/mol. The zero-order chi connectivity index (χ0) is 17.8. The minimum atomic E-state index is -0.108. The zero-order valence-corrected chi connectivity index (χ0v) is 16.1. The lowest BCUT2D eigenvalue weighted by atomic mass is 9.99. The van der Waals surface area contributed by atoms with E-state index >= 15 is 0 Å². The topological polar surface area (TPSA) is 49.0 Å². The molecule has 1 saturated heterocycles. The molecule has 2 heterocycles. The largest absolute Gasteiger partial charge is 0.342 e. The van der Waals surface area contributed by atoms with Gasteiger partial charge in [-0.2, -0.15) is 0 Å². The number of rotatable bonds is 5. The van der Waals surface area contributed by atoms with Gasteiger partial charge in [0.25, 0.3) is 0 Å². The normalized spacial score (nSPS) is 16.8. The smallest absolute Gasteiger partial charge is 0.235 e. The maximum absolute atomic E-state index is 12.7. The highest BCUT2D eigenvalue weighted by atomic mass is 32.2. The first kappa shape index (κ1) is 18.1. The first-order valence-electron chi connectivity index (χ1n) is 9.07. The van der Waals surface area contributed by atoms with Crippen molar-refractivity contribution >= 4 is 17.7 Å². The summed E-state index contributed by atoms with van der Waals surface area (Å²) in [5, 5.41) is 0.734. The number of aryl methyl sites for hydroxylation is 1. The van der Waals surface area contributed by atoms with E-state index in [-0.39, 0.29) is 11.2 Å². The Morgan fingerprint density at radius 3 is 2.68 bits per heavy atom. The molecule has 1 aliphatic rings. The lowest BCUT2D eigenvalue weighted by Gasteiger charge is -2.31. The number of hydrogen-bond donors (Lipinski definition) is 1. The van der Waals surface area contributed by atoms with Gasteiger partial charge in [-0.1, -0.05) is 49.0 Å². The van der Waals surface area contributed by atoms with E-state index in [2.05, 4.69) is 24.0 Å². The quantitative estimate of drug-likeness (QED) is 0.821. The Hall–Kier alpha value is -1.75. The molecule has 1 amide bonds. The van der Waals surface area contributed by atoms with Crippen LogP contribution in [-0.4, -0.2) is 39.1 Å². The van der Waals surface area contributed by atoms with Crippen LogP contribution < -0.4 is 0 Å². The van der Waals surface area contributed by atoms with Gasteiger partial charge in [0.05, 0.1) is 10.9 Å². The van der Waals surface area contributed by atoms with Crippen LogP contribution in [0.15, 0.2) is 35.5 Å². The number of nitrogens with zero attached hydrogens (tertiary/aromatic N) is 2. The van der Waals surface area contributed by atoms with Gasteiger partial charge in [-0.05, 0) is 38.2 Å². The number of likely N-dealkylation sites (tertiary alicyclic amines) is 1. The molecule has 1 aromatic heterocycles. The molecule has 3 rings (SSSR count). The molecular weight excluding hydrogens is 330 g/mol. The maximum atomic E-state index is 12.7.